The van der Waals surface area contributed by atoms with Crippen LogP contribution >= 0.6 is 0 Å². The number of hydrogen-bond donors (Lipinski definition) is 9. The number of aromatic amines is 1. The van der Waals surface area contributed by atoms with Crippen LogP contribution in [0.4, 0.5) is 0 Å². The first kappa shape index (κ1) is 30.7. The summed E-state index contributed by atoms with van der Waals surface area (Å²) in [4.78, 5) is 75.6. The van der Waals surface area contributed by atoms with Crippen LogP contribution in [-0.4, -0.2) is 86.1 Å². The lowest BCUT2D eigenvalue weighted by molar-refractivity contribution is -0.147. The molecule has 15 heteroatoms. The van der Waals surface area contributed by atoms with Gasteiger partial charge in [0.25, 0.3) is 0 Å². The molecule has 0 aliphatic carbocycles. The van der Waals surface area contributed by atoms with Gasteiger partial charge in [-0.2, -0.15) is 0 Å². The quantitative estimate of drug-likeness (QED) is 0.115. The van der Waals surface area contributed by atoms with E-state index in [1.54, 1.807) is 30.5 Å². The maximum Gasteiger partial charge on any atom is 0.326 e. The van der Waals surface area contributed by atoms with Gasteiger partial charge >= 0.3 is 11.9 Å². The van der Waals surface area contributed by atoms with Crippen molar-refractivity contribution in [3.8, 4) is 0 Å². The average molecular weight is 549 g/mol. The zero-order chi connectivity index (χ0) is 29.3. The fourth-order valence-corrected chi connectivity index (χ4v) is 3.69. The van der Waals surface area contributed by atoms with Crippen LogP contribution in [0.15, 0.2) is 30.5 Å². The predicted octanol–water partition coefficient (Wildman–Crippen LogP) is -2.30. The van der Waals surface area contributed by atoms with E-state index in [4.69, 9.17) is 16.6 Å². The molecule has 0 bridgehead atoms. The standard InChI is InChI=1S/C24H32N6O9/c1-11(31)20(26)23(37)29-16(8-12-10-27-14-5-3-2-4-13(12)14)22(36)28-15(6-7-18(25)32)21(35)30-17(24(38)39)9-19(33)34/h2-5,10-11,15-17,20,27,31H,6-9,26H2,1H3,(H2,25,32)(H,28,36)(H,29,37)(H,30,35)(H,33,34)(H,38,39). The fraction of sp³-hybridized carbons (Fsp3) is 0.417. The summed E-state index contributed by atoms with van der Waals surface area (Å²) in [6.45, 7) is 1.29. The number of carbonyl (C=O) groups excluding carboxylic acids is 4. The van der Waals surface area contributed by atoms with Crippen LogP contribution in [0, 0.1) is 0 Å². The molecule has 0 saturated carbocycles. The molecule has 0 radical (unpaired) electrons. The Morgan fingerprint density at radius 1 is 0.923 bits per heavy atom. The Morgan fingerprint density at radius 3 is 2.10 bits per heavy atom. The number of carbonyl (C=O) groups is 6. The average Bonchev–Trinajstić information content (AvgIpc) is 3.27. The molecule has 2 rings (SSSR count). The van der Waals surface area contributed by atoms with Gasteiger partial charge in [0, 0.05) is 29.9 Å². The lowest BCUT2D eigenvalue weighted by atomic mass is 10.0. The third-order valence-corrected chi connectivity index (χ3v) is 5.86. The maximum atomic E-state index is 13.3. The molecular weight excluding hydrogens is 516 g/mol. The van der Waals surface area contributed by atoms with Gasteiger partial charge in [0.2, 0.25) is 23.6 Å². The number of H-pyrrole nitrogens is 1. The molecule has 1 aromatic heterocycles. The molecule has 5 atom stereocenters. The van der Waals surface area contributed by atoms with Crippen LogP contribution in [0.2, 0.25) is 0 Å². The minimum atomic E-state index is -1.81. The predicted molar refractivity (Wildman–Crippen MR) is 136 cm³/mol. The van der Waals surface area contributed by atoms with E-state index in [0.717, 1.165) is 10.9 Å². The smallest absolute Gasteiger partial charge is 0.326 e. The van der Waals surface area contributed by atoms with Gasteiger partial charge in [0.1, 0.15) is 24.2 Å². The minimum Gasteiger partial charge on any atom is -0.481 e. The first-order valence-electron chi connectivity index (χ1n) is 11.9. The third kappa shape index (κ3) is 9.08. The van der Waals surface area contributed by atoms with E-state index in [1.807, 2.05) is 5.32 Å². The van der Waals surface area contributed by atoms with Crippen molar-refractivity contribution in [1.82, 2.24) is 20.9 Å². The van der Waals surface area contributed by atoms with E-state index in [2.05, 4.69) is 15.6 Å². The van der Waals surface area contributed by atoms with E-state index in [0.29, 0.717) is 5.56 Å². The Labute approximate surface area is 222 Å². The lowest BCUT2D eigenvalue weighted by Gasteiger charge is -2.25. The van der Waals surface area contributed by atoms with Gasteiger partial charge in [0.05, 0.1) is 12.5 Å². The second-order valence-electron chi connectivity index (χ2n) is 8.95. The highest BCUT2D eigenvalue weighted by Crippen LogP contribution is 2.19. The minimum absolute atomic E-state index is 0.0744. The number of nitrogens with one attached hydrogen (secondary N) is 4. The number of nitrogens with two attached hydrogens (primary N) is 2. The SMILES string of the molecule is CC(O)C(N)C(=O)NC(Cc1c[nH]c2ccccc12)C(=O)NC(CCC(N)=O)C(=O)NC(CC(=O)O)C(=O)O. The largest absolute Gasteiger partial charge is 0.481 e. The van der Waals surface area contributed by atoms with Gasteiger partial charge in [-0.1, -0.05) is 18.2 Å². The summed E-state index contributed by atoms with van der Waals surface area (Å²) < 4.78 is 0. The number of aliphatic hydroxyl groups is 1. The molecule has 0 fully saturated rings. The third-order valence-electron chi connectivity index (χ3n) is 5.86. The first-order valence-corrected chi connectivity index (χ1v) is 11.9. The summed E-state index contributed by atoms with van der Waals surface area (Å²) in [6, 6.07) is 1.16. The Hall–Kier alpha value is -4.50. The number of para-hydroxylation sites is 1. The Morgan fingerprint density at radius 2 is 1.51 bits per heavy atom. The highest BCUT2D eigenvalue weighted by atomic mass is 16.4. The van der Waals surface area contributed by atoms with Gasteiger partial charge in [-0.25, -0.2) is 4.79 Å². The second-order valence-corrected chi connectivity index (χ2v) is 8.95. The van der Waals surface area contributed by atoms with Crippen LogP contribution in [0.1, 0.15) is 31.7 Å². The van der Waals surface area contributed by atoms with Crippen molar-refractivity contribution in [1.29, 1.82) is 0 Å². The van der Waals surface area contributed by atoms with E-state index < -0.39 is 72.3 Å². The molecule has 0 aliphatic heterocycles. The van der Waals surface area contributed by atoms with Crippen molar-refractivity contribution in [2.24, 2.45) is 11.5 Å². The molecular formula is C24H32N6O9. The van der Waals surface area contributed by atoms with Crippen molar-refractivity contribution in [2.45, 2.75) is 62.9 Å². The number of fused-ring (bicyclic) bond motifs is 1. The van der Waals surface area contributed by atoms with Crippen LogP contribution in [0.3, 0.4) is 0 Å². The zero-order valence-electron chi connectivity index (χ0n) is 21.0. The number of aliphatic carboxylic acids is 2. The summed E-state index contributed by atoms with van der Waals surface area (Å²) in [5.41, 5.74) is 12.3. The van der Waals surface area contributed by atoms with Crippen LogP contribution in [-0.2, 0) is 35.2 Å². The topological polar surface area (TPSA) is 267 Å². The summed E-state index contributed by atoms with van der Waals surface area (Å²) in [5, 5.41) is 35.5. The Bertz CT molecular complexity index is 1230. The zero-order valence-corrected chi connectivity index (χ0v) is 21.0. The van der Waals surface area contributed by atoms with E-state index in [9.17, 15) is 39.0 Å². The number of aliphatic hydroxyl groups excluding tert-OH is 1. The molecule has 15 nitrogen and oxygen atoms in total. The molecule has 39 heavy (non-hydrogen) atoms. The van der Waals surface area contributed by atoms with Crippen molar-refractivity contribution < 1.29 is 44.1 Å². The molecule has 2 aromatic rings. The Balaban J connectivity index is 2.33. The van der Waals surface area contributed by atoms with E-state index in [-0.39, 0.29) is 19.3 Å². The van der Waals surface area contributed by atoms with Gasteiger partial charge in [-0.15, -0.1) is 0 Å². The molecule has 1 heterocycles. The summed E-state index contributed by atoms with van der Waals surface area (Å²) in [7, 11) is 0. The van der Waals surface area contributed by atoms with Crippen molar-refractivity contribution in [3.63, 3.8) is 0 Å². The number of carboxylic acids is 2. The number of rotatable bonds is 15. The van der Waals surface area contributed by atoms with Crippen molar-refractivity contribution in [3.05, 3.63) is 36.0 Å². The van der Waals surface area contributed by atoms with Gasteiger partial charge in [-0.3, -0.25) is 24.0 Å². The molecule has 4 amide bonds. The molecule has 212 valence electrons. The number of amides is 4. The first-order chi connectivity index (χ1) is 18.3. The molecule has 1 aromatic carbocycles. The Kier molecular flexibility index (Phi) is 10.9. The molecule has 0 saturated heterocycles. The van der Waals surface area contributed by atoms with E-state index in [1.165, 1.54) is 6.92 Å². The highest BCUT2D eigenvalue weighted by Gasteiger charge is 2.32. The molecule has 5 unspecified atom stereocenters. The number of aromatic nitrogens is 1. The summed E-state index contributed by atoms with van der Waals surface area (Å²) in [6.07, 6.45) is -1.33. The summed E-state index contributed by atoms with van der Waals surface area (Å²) >= 11 is 0. The molecule has 0 aliphatic rings. The monoisotopic (exact) mass is 548 g/mol. The van der Waals surface area contributed by atoms with Crippen LogP contribution in [0.5, 0.6) is 0 Å². The number of hydrogen-bond acceptors (Lipinski definition) is 8. The van der Waals surface area contributed by atoms with Gasteiger partial charge < -0.3 is 47.7 Å². The van der Waals surface area contributed by atoms with Gasteiger partial charge in [-0.05, 0) is 25.0 Å². The summed E-state index contributed by atoms with van der Waals surface area (Å²) in [5.74, 6) is -6.74. The number of benzene rings is 1. The van der Waals surface area contributed by atoms with Crippen LogP contribution < -0.4 is 27.4 Å². The molecule has 11 N–H and O–H groups in total. The van der Waals surface area contributed by atoms with Crippen LogP contribution in [0.25, 0.3) is 10.9 Å². The number of carboxylic acid groups (broad SMARTS) is 2. The van der Waals surface area contributed by atoms with E-state index >= 15 is 0 Å². The maximum absolute atomic E-state index is 13.3. The van der Waals surface area contributed by atoms with Crippen molar-refractivity contribution >= 4 is 46.5 Å². The lowest BCUT2D eigenvalue weighted by Crippen LogP contribution is -2.58. The van der Waals surface area contributed by atoms with Gasteiger partial charge in [0.15, 0.2) is 0 Å². The van der Waals surface area contributed by atoms with Crippen molar-refractivity contribution in [2.75, 3.05) is 0 Å². The molecule has 0 spiro atoms. The normalized spacial score (nSPS) is 14.8. The highest BCUT2D eigenvalue weighted by molar-refractivity contribution is 5.95. The second kappa shape index (κ2) is 13.9. The fourth-order valence-electron chi connectivity index (χ4n) is 3.69. The number of primary amides is 1.